The van der Waals surface area contributed by atoms with Gasteiger partial charge in [0.05, 0.1) is 25.3 Å². The van der Waals surface area contributed by atoms with Crippen LogP contribution in [0.5, 0.6) is 5.75 Å². The molecule has 0 fully saturated rings. The van der Waals surface area contributed by atoms with E-state index in [0.29, 0.717) is 11.3 Å². The lowest BCUT2D eigenvalue weighted by Crippen LogP contribution is -2.30. The Kier molecular flexibility index (Phi) is 7.01. The number of benzene rings is 2. The lowest BCUT2D eigenvalue weighted by Gasteiger charge is -2.19. The van der Waals surface area contributed by atoms with Crippen LogP contribution in [0.2, 0.25) is 0 Å². The number of alkyl halides is 3. The van der Waals surface area contributed by atoms with Gasteiger partial charge in [-0.1, -0.05) is 24.3 Å². The number of rotatable bonds is 7. The monoisotopic (exact) mass is 379 g/mol. The normalized spacial score (nSPS) is 12.8. The molecule has 144 valence electrons. The van der Waals surface area contributed by atoms with Crippen LogP contribution >= 0.6 is 0 Å². The minimum Gasteiger partial charge on any atom is -0.497 e. The van der Waals surface area contributed by atoms with Gasteiger partial charge in [-0.3, -0.25) is 4.79 Å². The average Bonchev–Trinajstić information content (AvgIpc) is 2.65. The van der Waals surface area contributed by atoms with Crippen LogP contribution in [0.1, 0.15) is 22.7 Å². The summed E-state index contributed by atoms with van der Waals surface area (Å²) < 4.78 is 48.9. The van der Waals surface area contributed by atoms with Gasteiger partial charge in [-0.15, -0.1) is 0 Å². The van der Waals surface area contributed by atoms with Crippen molar-refractivity contribution in [1.29, 1.82) is 0 Å². The van der Waals surface area contributed by atoms with Crippen molar-refractivity contribution in [3.63, 3.8) is 0 Å². The number of ether oxygens (including phenoxy) is 2. The van der Waals surface area contributed by atoms with Crippen molar-refractivity contribution < 1.29 is 27.4 Å². The summed E-state index contributed by atoms with van der Waals surface area (Å²) in [6.45, 7) is 0.0417. The van der Waals surface area contributed by atoms with E-state index in [1.807, 2.05) is 0 Å². The fourth-order valence-corrected chi connectivity index (χ4v) is 2.46. The maximum atomic E-state index is 12.9. The quantitative estimate of drug-likeness (QED) is 0.733. The standard InChI is InChI=1S/C20H20F3NO3/c1-26-13-18(15-6-4-7-16(12-15)20(21,22)23)24-19(25)10-9-14-5-3-8-17(11-14)27-2/h3-12,18H,13H2,1-2H3,(H,24,25)/b10-9+. The number of carbonyl (C=O) groups excluding carboxylic acids is 1. The van der Waals surface area contributed by atoms with E-state index in [9.17, 15) is 18.0 Å². The molecule has 1 N–H and O–H groups in total. The third kappa shape index (κ3) is 6.14. The number of nitrogens with one attached hydrogen (secondary N) is 1. The average molecular weight is 379 g/mol. The first-order chi connectivity index (χ1) is 12.8. The molecule has 1 atom stereocenters. The zero-order valence-corrected chi connectivity index (χ0v) is 14.9. The Morgan fingerprint density at radius 1 is 1.15 bits per heavy atom. The van der Waals surface area contributed by atoms with Gasteiger partial charge in [-0.25, -0.2) is 0 Å². The van der Waals surface area contributed by atoms with E-state index in [4.69, 9.17) is 9.47 Å². The van der Waals surface area contributed by atoms with E-state index in [0.717, 1.165) is 17.7 Å². The van der Waals surface area contributed by atoms with Crippen LogP contribution in [0.4, 0.5) is 13.2 Å². The van der Waals surface area contributed by atoms with Crippen molar-refractivity contribution in [1.82, 2.24) is 5.32 Å². The summed E-state index contributed by atoms with van der Waals surface area (Å²) in [6, 6.07) is 11.2. The third-order valence-corrected chi connectivity index (χ3v) is 3.79. The highest BCUT2D eigenvalue weighted by Gasteiger charge is 2.31. The molecule has 0 aromatic heterocycles. The van der Waals surface area contributed by atoms with Crippen LogP contribution in [0.25, 0.3) is 6.08 Å². The summed E-state index contributed by atoms with van der Waals surface area (Å²) in [6.07, 6.45) is -1.55. The van der Waals surface area contributed by atoms with Crippen LogP contribution in [0.15, 0.2) is 54.6 Å². The minimum atomic E-state index is -4.45. The van der Waals surface area contributed by atoms with Crippen molar-refractivity contribution in [2.75, 3.05) is 20.8 Å². The molecule has 0 saturated carbocycles. The fourth-order valence-electron chi connectivity index (χ4n) is 2.46. The lowest BCUT2D eigenvalue weighted by molar-refractivity contribution is -0.137. The summed E-state index contributed by atoms with van der Waals surface area (Å²) in [4.78, 5) is 12.2. The van der Waals surface area contributed by atoms with Crippen LogP contribution in [-0.2, 0) is 15.7 Å². The number of hydrogen-bond donors (Lipinski definition) is 1. The maximum absolute atomic E-state index is 12.9. The Labute approximate surface area is 155 Å². The van der Waals surface area contributed by atoms with Crippen molar-refractivity contribution in [2.45, 2.75) is 12.2 Å². The molecule has 0 aliphatic carbocycles. The van der Waals surface area contributed by atoms with E-state index in [-0.39, 0.29) is 6.61 Å². The molecule has 0 heterocycles. The zero-order valence-electron chi connectivity index (χ0n) is 14.9. The van der Waals surface area contributed by atoms with Crippen LogP contribution in [0, 0.1) is 0 Å². The second-order valence-electron chi connectivity index (χ2n) is 5.75. The highest BCUT2D eigenvalue weighted by Crippen LogP contribution is 2.30. The number of methoxy groups -OCH3 is 2. The molecule has 0 aliphatic rings. The Morgan fingerprint density at radius 3 is 2.56 bits per heavy atom. The van der Waals surface area contributed by atoms with E-state index in [2.05, 4.69) is 5.32 Å². The van der Waals surface area contributed by atoms with E-state index >= 15 is 0 Å². The van der Waals surface area contributed by atoms with Crippen molar-refractivity contribution in [3.8, 4) is 5.75 Å². The Morgan fingerprint density at radius 2 is 1.89 bits per heavy atom. The molecule has 7 heteroatoms. The summed E-state index contributed by atoms with van der Waals surface area (Å²) >= 11 is 0. The number of halogens is 3. The van der Waals surface area contributed by atoms with Gasteiger partial charge in [0.15, 0.2) is 0 Å². The molecule has 0 saturated heterocycles. The molecule has 27 heavy (non-hydrogen) atoms. The SMILES string of the molecule is COCC(NC(=O)/C=C/c1cccc(OC)c1)c1cccc(C(F)(F)F)c1. The maximum Gasteiger partial charge on any atom is 0.416 e. The molecular weight excluding hydrogens is 359 g/mol. The molecule has 0 spiro atoms. The summed E-state index contributed by atoms with van der Waals surface area (Å²) in [7, 11) is 2.96. The zero-order chi connectivity index (χ0) is 19.9. The van der Waals surface area contributed by atoms with Crippen molar-refractivity contribution >= 4 is 12.0 Å². The lowest BCUT2D eigenvalue weighted by atomic mass is 10.0. The highest BCUT2D eigenvalue weighted by atomic mass is 19.4. The molecule has 0 bridgehead atoms. The predicted octanol–water partition coefficient (Wildman–Crippen LogP) is 4.23. The Hall–Kier alpha value is -2.80. The predicted molar refractivity (Wildman–Crippen MR) is 96.2 cm³/mol. The number of hydrogen-bond acceptors (Lipinski definition) is 3. The number of amides is 1. The fraction of sp³-hybridized carbons (Fsp3) is 0.250. The van der Waals surface area contributed by atoms with Crippen molar-refractivity contribution in [2.24, 2.45) is 0 Å². The molecular formula is C20H20F3NO3. The van der Waals surface area contributed by atoms with Gasteiger partial charge >= 0.3 is 6.18 Å². The topological polar surface area (TPSA) is 47.6 Å². The first-order valence-electron chi connectivity index (χ1n) is 8.12. The van der Waals surface area contributed by atoms with Crippen LogP contribution < -0.4 is 10.1 Å². The van der Waals surface area contributed by atoms with E-state index < -0.39 is 23.7 Å². The van der Waals surface area contributed by atoms with Crippen LogP contribution in [0.3, 0.4) is 0 Å². The van der Waals surface area contributed by atoms with Gasteiger partial charge in [-0.2, -0.15) is 13.2 Å². The molecule has 1 unspecified atom stereocenters. The summed E-state index contributed by atoms with van der Waals surface area (Å²) in [5, 5.41) is 2.66. The summed E-state index contributed by atoms with van der Waals surface area (Å²) in [5.41, 5.74) is 0.295. The molecule has 2 aromatic rings. The second-order valence-corrected chi connectivity index (χ2v) is 5.75. The molecule has 1 amide bonds. The van der Waals surface area contributed by atoms with Crippen LogP contribution in [-0.4, -0.2) is 26.7 Å². The first kappa shape index (κ1) is 20.5. The third-order valence-electron chi connectivity index (χ3n) is 3.79. The Balaban J connectivity index is 2.13. The van der Waals surface area contributed by atoms with Gasteiger partial charge in [0.25, 0.3) is 0 Å². The minimum absolute atomic E-state index is 0.0417. The Bertz CT molecular complexity index is 803. The molecule has 0 radical (unpaired) electrons. The van der Waals surface area contributed by atoms with E-state index in [1.165, 1.54) is 25.3 Å². The molecule has 2 aromatic carbocycles. The van der Waals surface area contributed by atoms with Gasteiger partial charge < -0.3 is 14.8 Å². The highest BCUT2D eigenvalue weighted by molar-refractivity contribution is 5.92. The van der Waals surface area contributed by atoms with Crippen molar-refractivity contribution in [3.05, 3.63) is 71.3 Å². The van der Waals surface area contributed by atoms with Gasteiger partial charge in [0.2, 0.25) is 5.91 Å². The summed E-state index contributed by atoms with van der Waals surface area (Å²) in [5.74, 6) is 0.205. The van der Waals surface area contributed by atoms with Gasteiger partial charge in [0, 0.05) is 13.2 Å². The smallest absolute Gasteiger partial charge is 0.416 e. The molecule has 2 rings (SSSR count). The molecule has 0 aliphatic heterocycles. The largest absolute Gasteiger partial charge is 0.497 e. The second kappa shape index (κ2) is 9.23. The molecule has 4 nitrogen and oxygen atoms in total. The number of carbonyl (C=O) groups is 1. The van der Waals surface area contributed by atoms with Gasteiger partial charge in [0.1, 0.15) is 5.75 Å². The van der Waals surface area contributed by atoms with Gasteiger partial charge in [-0.05, 0) is 41.5 Å². The van der Waals surface area contributed by atoms with E-state index in [1.54, 1.807) is 37.5 Å². The first-order valence-corrected chi connectivity index (χ1v) is 8.12.